The van der Waals surface area contributed by atoms with Crippen molar-refractivity contribution in [3.8, 4) is 17.1 Å². The van der Waals surface area contributed by atoms with Gasteiger partial charge in [0.15, 0.2) is 17.3 Å². The number of halogens is 4. The number of hydrogen-bond acceptors (Lipinski definition) is 11. The van der Waals surface area contributed by atoms with Gasteiger partial charge in [-0.15, -0.1) is 5.10 Å². The Bertz CT molecular complexity index is 2660. The van der Waals surface area contributed by atoms with E-state index in [1.165, 1.54) is 6.33 Å². The molecule has 0 bridgehead atoms. The van der Waals surface area contributed by atoms with Crippen molar-refractivity contribution in [1.82, 2.24) is 39.0 Å². The number of carbonyl (C=O) groups is 2. The lowest BCUT2D eigenvalue weighted by molar-refractivity contribution is -0.137. The van der Waals surface area contributed by atoms with E-state index in [0.29, 0.717) is 36.6 Å². The first-order valence-electron chi connectivity index (χ1n) is 19.2. The number of carbonyl (C=O) groups excluding carboxylic acids is 2. The number of nitrogens with zero attached hydrogens (tertiary/aromatic N) is 9. The number of aryl methyl sites for hydroxylation is 1. The average Bonchev–Trinajstić information content (AvgIpc) is 3.70. The van der Waals surface area contributed by atoms with E-state index in [9.17, 15) is 27.6 Å². The number of nitrogens with one attached hydrogen (secondary N) is 1. The minimum Gasteiger partial charge on any atom is -0.485 e. The van der Waals surface area contributed by atoms with Gasteiger partial charge in [-0.2, -0.15) is 22.7 Å². The summed E-state index contributed by atoms with van der Waals surface area (Å²) in [6.07, 6.45) is 0.891. The predicted octanol–water partition coefficient (Wildman–Crippen LogP) is 5.54. The first kappa shape index (κ1) is 40.4. The number of hydrogen-bond donors (Lipinski definition) is 1. The van der Waals surface area contributed by atoms with Gasteiger partial charge in [0.2, 0.25) is 11.7 Å². The van der Waals surface area contributed by atoms with Crippen molar-refractivity contribution in [2.24, 2.45) is 0 Å². The van der Waals surface area contributed by atoms with Crippen molar-refractivity contribution in [3.05, 3.63) is 122 Å². The lowest BCUT2D eigenvalue weighted by atomic mass is 10.00. The molecule has 0 radical (unpaired) electrons. The summed E-state index contributed by atoms with van der Waals surface area (Å²) in [6, 6.07) is 12.2. The molecule has 8 rings (SSSR count). The van der Waals surface area contributed by atoms with Gasteiger partial charge in [-0.05, 0) is 49.1 Å². The minimum absolute atomic E-state index is 0.0235. The molecule has 2 aliphatic rings. The summed E-state index contributed by atoms with van der Waals surface area (Å²) in [5.41, 5.74) is 3.24. The quantitative estimate of drug-likeness (QED) is 0.184. The summed E-state index contributed by atoms with van der Waals surface area (Å²) in [4.78, 5) is 63.5. The van der Waals surface area contributed by atoms with Crippen molar-refractivity contribution in [2.75, 3.05) is 43.0 Å². The fourth-order valence-corrected chi connectivity index (χ4v) is 7.70. The van der Waals surface area contributed by atoms with Crippen LogP contribution < -0.4 is 20.5 Å². The van der Waals surface area contributed by atoms with Gasteiger partial charge in [0.1, 0.15) is 25.2 Å². The highest BCUT2D eigenvalue weighted by Gasteiger charge is 2.33. The molecule has 0 spiro atoms. The average molecular weight is 843 g/mol. The van der Waals surface area contributed by atoms with Gasteiger partial charge in [-0.25, -0.2) is 9.97 Å². The molecule has 6 heterocycles. The van der Waals surface area contributed by atoms with Gasteiger partial charge < -0.3 is 29.2 Å². The minimum atomic E-state index is -4.63. The van der Waals surface area contributed by atoms with Crippen molar-refractivity contribution < 1.29 is 32.2 Å². The normalized spacial score (nSPS) is 14.3. The number of alkyl halides is 3. The van der Waals surface area contributed by atoms with E-state index in [1.807, 2.05) is 42.2 Å². The van der Waals surface area contributed by atoms with Crippen molar-refractivity contribution in [2.45, 2.75) is 52.6 Å². The van der Waals surface area contributed by atoms with Gasteiger partial charge in [0, 0.05) is 49.7 Å². The first-order valence-corrected chi connectivity index (χ1v) is 19.5. The van der Waals surface area contributed by atoms with E-state index >= 15 is 0 Å². The second kappa shape index (κ2) is 16.7. The Morgan fingerprint density at radius 3 is 2.55 bits per heavy atom. The van der Waals surface area contributed by atoms with Crippen LogP contribution >= 0.6 is 11.6 Å². The number of piperazine rings is 1. The van der Waals surface area contributed by atoms with E-state index in [0.717, 1.165) is 39.4 Å². The maximum atomic E-state index is 14.6. The van der Waals surface area contributed by atoms with Crippen molar-refractivity contribution >= 4 is 40.6 Å². The SMILES string of the molecule is CCc1c(N2CCN(C(=O)c3ncnc(C)c3OCc3ccccc3)CC2)c(=O)n2nc(-c3cncc4c3CCOC4)nc2n1CC(=O)Nc1ccc(C(F)(F)F)cc1Cl. The van der Waals surface area contributed by atoms with Crippen LogP contribution in [0.1, 0.15) is 51.1 Å². The lowest BCUT2D eigenvalue weighted by Crippen LogP contribution is -2.51. The first-order chi connectivity index (χ1) is 28.9. The van der Waals surface area contributed by atoms with Gasteiger partial charge >= 0.3 is 6.18 Å². The number of benzene rings is 2. The van der Waals surface area contributed by atoms with Crippen LogP contribution in [0.4, 0.5) is 24.5 Å². The molecule has 1 N–H and O–H groups in total. The summed E-state index contributed by atoms with van der Waals surface area (Å²) in [7, 11) is 0. The van der Waals surface area contributed by atoms with E-state index in [2.05, 4.69) is 25.4 Å². The molecule has 19 heteroatoms. The molecule has 310 valence electrons. The fraction of sp³-hybridized carbons (Fsp3) is 0.317. The maximum Gasteiger partial charge on any atom is 0.416 e. The van der Waals surface area contributed by atoms with Crippen LogP contribution in [-0.4, -0.2) is 83.6 Å². The topological polar surface area (TPSA) is 162 Å². The van der Waals surface area contributed by atoms with Crippen LogP contribution in [-0.2, 0) is 48.3 Å². The molecule has 6 aromatic rings. The van der Waals surface area contributed by atoms with Crippen molar-refractivity contribution in [1.29, 1.82) is 0 Å². The zero-order chi connectivity index (χ0) is 42.1. The van der Waals surface area contributed by atoms with Crippen LogP contribution in [0.3, 0.4) is 0 Å². The number of pyridine rings is 1. The third-order valence-corrected chi connectivity index (χ3v) is 10.8. The second-order valence-electron chi connectivity index (χ2n) is 14.2. The Morgan fingerprint density at radius 2 is 1.82 bits per heavy atom. The molecule has 0 saturated carbocycles. The summed E-state index contributed by atoms with van der Waals surface area (Å²) < 4.78 is 54.4. The largest absolute Gasteiger partial charge is 0.485 e. The summed E-state index contributed by atoms with van der Waals surface area (Å²) in [5, 5.41) is 6.99. The number of ether oxygens (including phenoxy) is 2. The smallest absolute Gasteiger partial charge is 0.416 e. The Kier molecular flexibility index (Phi) is 11.2. The number of rotatable bonds is 10. The molecule has 2 aromatic carbocycles. The third-order valence-electron chi connectivity index (χ3n) is 10.5. The Morgan fingerprint density at radius 1 is 1.03 bits per heavy atom. The Hall–Kier alpha value is -6.40. The number of aromatic nitrogens is 7. The molecule has 60 heavy (non-hydrogen) atoms. The monoisotopic (exact) mass is 842 g/mol. The molecule has 2 amide bonds. The molecule has 0 unspecified atom stereocenters. The van der Waals surface area contributed by atoms with Crippen LogP contribution in [0, 0.1) is 6.92 Å². The lowest BCUT2D eigenvalue weighted by Gasteiger charge is -2.36. The number of anilines is 2. The summed E-state index contributed by atoms with van der Waals surface area (Å²) in [6.45, 7) is 5.17. The van der Waals surface area contributed by atoms with Gasteiger partial charge in [0.25, 0.3) is 11.5 Å². The van der Waals surface area contributed by atoms with Crippen LogP contribution in [0.15, 0.2) is 72.0 Å². The number of amides is 2. The van der Waals surface area contributed by atoms with Gasteiger partial charge in [0.05, 0.1) is 40.9 Å². The highest BCUT2D eigenvalue weighted by atomic mass is 35.5. The molecule has 0 aliphatic carbocycles. The molecular weight excluding hydrogens is 805 g/mol. The maximum absolute atomic E-state index is 14.6. The summed E-state index contributed by atoms with van der Waals surface area (Å²) in [5.74, 6) is -0.403. The highest BCUT2D eigenvalue weighted by Crippen LogP contribution is 2.34. The third kappa shape index (κ3) is 7.99. The predicted molar refractivity (Wildman–Crippen MR) is 214 cm³/mol. The van der Waals surface area contributed by atoms with E-state index in [1.54, 1.807) is 28.8 Å². The molecule has 2 aliphatic heterocycles. The van der Waals surface area contributed by atoms with E-state index < -0.39 is 29.8 Å². The van der Waals surface area contributed by atoms with Gasteiger partial charge in [-0.3, -0.25) is 19.4 Å². The highest BCUT2D eigenvalue weighted by molar-refractivity contribution is 6.33. The Labute approximate surface area is 345 Å². The van der Waals surface area contributed by atoms with E-state index in [-0.39, 0.29) is 84.6 Å². The zero-order valence-electron chi connectivity index (χ0n) is 32.5. The molecular formula is C41H38ClF3N10O5. The zero-order valence-corrected chi connectivity index (χ0v) is 33.3. The second-order valence-corrected chi connectivity index (χ2v) is 14.7. The summed E-state index contributed by atoms with van der Waals surface area (Å²) >= 11 is 6.19. The Balaban J connectivity index is 1.12. The standard InChI is InChI=1S/C41H38ClF3N10O5/c1-3-32-35(52-12-14-53(15-13-52)38(57)34-36(24(2)47-23-48-34)60-21-25-7-5-4-6-8-25)39(58)55-40(50-37(51-55)29-19-46-18-26-22-59-16-11-28(26)29)54(32)20-33(56)49-31-10-9-27(17-30(31)42)41(43,44)45/h4-10,17-19,23H,3,11-16,20-22H2,1-2H3,(H,49,56). The molecule has 1 saturated heterocycles. The molecule has 4 aromatic heterocycles. The van der Waals surface area contributed by atoms with Crippen molar-refractivity contribution in [3.63, 3.8) is 0 Å². The van der Waals surface area contributed by atoms with Crippen LogP contribution in [0.2, 0.25) is 5.02 Å². The van der Waals surface area contributed by atoms with Gasteiger partial charge in [-0.1, -0.05) is 48.9 Å². The van der Waals surface area contributed by atoms with Crippen LogP contribution in [0.5, 0.6) is 5.75 Å². The fourth-order valence-electron chi connectivity index (χ4n) is 7.47. The molecule has 15 nitrogen and oxygen atoms in total. The molecule has 1 fully saturated rings. The number of fused-ring (bicyclic) bond motifs is 2. The molecule has 0 atom stereocenters. The van der Waals surface area contributed by atoms with Crippen LogP contribution in [0.25, 0.3) is 17.2 Å². The van der Waals surface area contributed by atoms with E-state index in [4.69, 9.17) is 26.1 Å².